The molecule has 2 aromatic carbocycles. The Morgan fingerprint density at radius 3 is 2.76 bits per heavy atom. The van der Waals surface area contributed by atoms with Crippen molar-refractivity contribution in [2.75, 3.05) is 18.4 Å². The monoisotopic (exact) mass is 334 g/mol. The smallest absolute Gasteiger partial charge is 0.141 e. The van der Waals surface area contributed by atoms with Crippen LogP contribution in [0.3, 0.4) is 0 Å². The Kier molecular flexibility index (Phi) is 4.59. The number of nitrogens with one attached hydrogen (secondary N) is 1. The van der Waals surface area contributed by atoms with E-state index in [2.05, 4.69) is 44.5 Å². The standard InChI is InChI=1S/C20H22N4O/c25-17-8-10-24(11-9-17)13-15-4-3-5-16(12-15)23-20-18-6-1-2-7-19(18)21-14-22-20/h1-7,12,14,17,25H,8-11,13H2,(H,21,22,23). The maximum atomic E-state index is 9.64. The number of piperidine rings is 1. The van der Waals surface area contributed by atoms with E-state index < -0.39 is 0 Å². The molecule has 0 atom stereocenters. The van der Waals surface area contributed by atoms with Crippen molar-refractivity contribution < 1.29 is 5.11 Å². The third kappa shape index (κ3) is 3.78. The van der Waals surface area contributed by atoms with Crippen molar-refractivity contribution in [2.24, 2.45) is 0 Å². The van der Waals surface area contributed by atoms with E-state index in [1.54, 1.807) is 6.33 Å². The first-order valence-corrected chi connectivity index (χ1v) is 8.74. The predicted octanol–water partition coefficient (Wildman–Crippen LogP) is 3.33. The highest BCUT2D eigenvalue weighted by atomic mass is 16.3. The predicted molar refractivity (Wildman–Crippen MR) is 99.8 cm³/mol. The number of benzene rings is 2. The molecule has 1 aromatic heterocycles. The number of fused-ring (bicyclic) bond motifs is 1. The molecular formula is C20H22N4O. The van der Waals surface area contributed by atoms with Gasteiger partial charge in [0.05, 0.1) is 11.6 Å². The van der Waals surface area contributed by atoms with Crippen molar-refractivity contribution in [2.45, 2.75) is 25.5 Å². The molecule has 0 saturated carbocycles. The molecule has 4 rings (SSSR count). The molecular weight excluding hydrogens is 312 g/mol. The second kappa shape index (κ2) is 7.17. The van der Waals surface area contributed by atoms with E-state index in [1.807, 2.05) is 24.3 Å². The number of hydrogen-bond donors (Lipinski definition) is 2. The second-order valence-corrected chi connectivity index (χ2v) is 6.57. The van der Waals surface area contributed by atoms with Gasteiger partial charge in [-0.1, -0.05) is 24.3 Å². The van der Waals surface area contributed by atoms with Crippen LogP contribution in [-0.2, 0) is 6.54 Å². The number of aromatic nitrogens is 2. The van der Waals surface area contributed by atoms with E-state index >= 15 is 0 Å². The van der Waals surface area contributed by atoms with Crippen LogP contribution in [0.15, 0.2) is 54.9 Å². The minimum Gasteiger partial charge on any atom is -0.393 e. The molecule has 0 aliphatic carbocycles. The Morgan fingerprint density at radius 2 is 1.88 bits per heavy atom. The molecule has 2 N–H and O–H groups in total. The van der Waals surface area contributed by atoms with E-state index in [0.29, 0.717) is 0 Å². The highest BCUT2D eigenvalue weighted by Gasteiger charge is 2.16. The third-order valence-corrected chi connectivity index (χ3v) is 4.70. The molecule has 1 aliphatic heterocycles. The fourth-order valence-electron chi connectivity index (χ4n) is 3.32. The molecule has 5 nitrogen and oxygen atoms in total. The molecule has 0 bridgehead atoms. The normalized spacial score (nSPS) is 16.2. The maximum Gasteiger partial charge on any atom is 0.141 e. The molecule has 2 heterocycles. The van der Waals surface area contributed by atoms with Gasteiger partial charge in [-0.3, -0.25) is 4.90 Å². The van der Waals surface area contributed by atoms with Crippen molar-refractivity contribution in [1.82, 2.24) is 14.9 Å². The Bertz CT molecular complexity index is 854. The van der Waals surface area contributed by atoms with Gasteiger partial charge in [-0.2, -0.15) is 0 Å². The maximum absolute atomic E-state index is 9.64. The van der Waals surface area contributed by atoms with E-state index in [0.717, 1.165) is 54.9 Å². The molecule has 1 fully saturated rings. The zero-order valence-corrected chi connectivity index (χ0v) is 14.1. The number of aliphatic hydroxyl groups excluding tert-OH is 1. The van der Waals surface area contributed by atoms with Crippen LogP contribution >= 0.6 is 0 Å². The fourth-order valence-corrected chi connectivity index (χ4v) is 3.32. The number of anilines is 2. The van der Waals surface area contributed by atoms with Gasteiger partial charge in [0.1, 0.15) is 12.1 Å². The van der Waals surface area contributed by atoms with Crippen molar-refractivity contribution in [1.29, 1.82) is 0 Å². The SMILES string of the molecule is OC1CCN(Cc2cccc(Nc3ncnc4ccccc34)c2)CC1. The number of likely N-dealkylation sites (tertiary alicyclic amines) is 1. The second-order valence-electron chi connectivity index (χ2n) is 6.57. The molecule has 3 aromatic rings. The van der Waals surface area contributed by atoms with E-state index in [4.69, 9.17) is 0 Å². The van der Waals surface area contributed by atoms with Gasteiger partial charge < -0.3 is 10.4 Å². The summed E-state index contributed by atoms with van der Waals surface area (Å²) in [7, 11) is 0. The van der Waals surface area contributed by atoms with Gasteiger partial charge in [0.2, 0.25) is 0 Å². The summed E-state index contributed by atoms with van der Waals surface area (Å²) in [5, 5.41) is 14.1. The first-order valence-electron chi connectivity index (χ1n) is 8.74. The number of nitrogens with zero attached hydrogens (tertiary/aromatic N) is 3. The van der Waals surface area contributed by atoms with Crippen LogP contribution in [0.2, 0.25) is 0 Å². The quantitative estimate of drug-likeness (QED) is 0.766. The van der Waals surface area contributed by atoms with Crippen LogP contribution in [0.25, 0.3) is 10.9 Å². The van der Waals surface area contributed by atoms with E-state index in [9.17, 15) is 5.11 Å². The van der Waals surface area contributed by atoms with E-state index in [1.165, 1.54) is 5.56 Å². The van der Waals surface area contributed by atoms with Gasteiger partial charge in [-0.15, -0.1) is 0 Å². The average Bonchev–Trinajstić information content (AvgIpc) is 2.64. The van der Waals surface area contributed by atoms with Crippen LogP contribution < -0.4 is 5.32 Å². The number of rotatable bonds is 4. The van der Waals surface area contributed by atoms with Crippen molar-refractivity contribution >= 4 is 22.4 Å². The Labute approximate surface area is 147 Å². The van der Waals surface area contributed by atoms with Crippen LogP contribution in [0.1, 0.15) is 18.4 Å². The summed E-state index contributed by atoms with van der Waals surface area (Å²) < 4.78 is 0. The summed E-state index contributed by atoms with van der Waals surface area (Å²) in [4.78, 5) is 11.1. The molecule has 0 amide bonds. The highest BCUT2D eigenvalue weighted by Crippen LogP contribution is 2.24. The molecule has 1 saturated heterocycles. The summed E-state index contributed by atoms with van der Waals surface area (Å²) in [5.41, 5.74) is 3.22. The number of para-hydroxylation sites is 1. The molecule has 25 heavy (non-hydrogen) atoms. The topological polar surface area (TPSA) is 61.3 Å². The van der Waals surface area contributed by atoms with Crippen molar-refractivity contribution in [3.63, 3.8) is 0 Å². The lowest BCUT2D eigenvalue weighted by Crippen LogP contribution is -2.35. The Hall–Kier alpha value is -2.50. The number of aliphatic hydroxyl groups is 1. The van der Waals surface area contributed by atoms with Gasteiger partial charge in [-0.05, 0) is 42.7 Å². The molecule has 1 aliphatic rings. The summed E-state index contributed by atoms with van der Waals surface area (Å²) in [6.45, 7) is 2.82. The lowest BCUT2D eigenvalue weighted by Gasteiger charge is -2.29. The Morgan fingerprint density at radius 1 is 1.04 bits per heavy atom. The zero-order valence-electron chi connectivity index (χ0n) is 14.1. The largest absolute Gasteiger partial charge is 0.393 e. The molecule has 0 unspecified atom stereocenters. The summed E-state index contributed by atoms with van der Waals surface area (Å²) in [6, 6.07) is 16.4. The number of hydrogen-bond acceptors (Lipinski definition) is 5. The van der Waals surface area contributed by atoms with Crippen molar-refractivity contribution in [3.05, 3.63) is 60.4 Å². The van der Waals surface area contributed by atoms with Gasteiger partial charge in [-0.25, -0.2) is 9.97 Å². The average molecular weight is 334 g/mol. The van der Waals surface area contributed by atoms with E-state index in [-0.39, 0.29) is 6.10 Å². The van der Waals surface area contributed by atoms with Gasteiger partial charge in [0.25, 0.3) is 0 Å². The zero-order chi connectivity index (χ0) is 17.1. The molecule has 128 valence electrons. The lowest BCUT2D eigenvalue weighted by molar-refractivity contribution is 0.0792. The molecule has 0 radical (unpaired) electrons. The highest BCUT2D eigenvalue weighted by molar-refractivity contribution is 5.90. The van der Waals surface area contributed by atoms with Gasteiger partial charge >= 0.3 is 0 Å². The fraction of sp³-hybridized carbons (Fsp3) is 0.300. The summed E-state index contributed by atoms with van der Waals surface area (Å²) in [5.74, 6) is 0.823. The van der Waals surface area contributed by atoms with Gasteiger partial charge in [0.15, 0.2) is 0 Å². The summed E-state index contributed by atoms with van der Waals surface area (Å²) in [6.07, 6.45) is 3.19. The molecule has 0 spiro atoms. The van der Waals surface area contributed by atoms with Crippen LogP contribution in [-0.4, -0.2) is 39.2 Å². The minimum atomic E-state index is -0.129. The van der Waals surface area contributed by atoms with Crippen LogP contribution in [0, 0.1) is 0 Å². The summed E-state index contributed by atoms with van der Waals surface area (Å²) >= 11 is 0. The first kappa shape index (κ1) is 16.0. The molecule has 5 heteroatoms. The Balaban J connectivity index is 1.51. The van der Waals surface area contributed by atoms with Crippen molar-refractivity contribution in [3.8, 4) is 0 Å². The lowest BCUT2D eigenvalue weighted by atomic mass is 10.1. The van der Waals surface area contributed by atoms with Crippen LogP contribution in [0.4, 0.5) is 11.5 Å². The minimum absolute atomic E-state index is 0.129. The van der Waals surface area contributed by atoms with Crippen LogP contribution in [0.5, 0.6) is 0 Å². The van der Waals surface area contributed by atoms with Gasteiger partial charge in [0, 0.05) is 30.7 Å². The third-order valence-electron chi connectivity index (χ3n) is 4.70. The first-order chi connectivity index (χ1) is 12.3.